The van der Waals surface area contributed by atoms with E-state index in [9.17, 15) is 5.11 Å². The topological polar surface area (TPSA) is 41.3 Å². The number of hydrogen-bond donors (Lipinski definition) is 1. The Labute approximate surface area is 132 Å². The van der Waals surface area contributed by atoms with Crippen molar-refractivity contribution in [2.24, 2.45) is 7.05 Å². The quantitative estimate of drug-likeness (QED) is 0.891. The molecule has 1 aromatic carbocycles. The van der Waals surface area contributed by atoms with Crippen molar-refractivity contribution in [3.05, 3.63) is 53.3 Å². The molecule has 1 atom stereocenters. The average molecular weight is 299 g/mol. The highest BCUT2D eigenvalue weighted by Gasteiger charge is 2.25. The molecule has 1 aliphatic carbocycles. The summed E-state index contributed by atoms with van der Waals surface area (Å²) in [4.78, 5) is 2.51. The number of benzene rings is 1. The highest BCUT2D eigenvalue weighted by molar-refractivity contribution is 5.32. The Balaban J connectivity index is 1.82. The minimum absolute atomic E-state index is 0.248. The van der Waals surface area contributed by atoms with Crippen LogP contribution in [0.1, 0.15) is 42.0 Å². The molecule has 22 heavy (non-hydrogen) atoms. The van der Waals surface area contributed by atoms with Crippen LogP contribution in [0.4, 0.5) is 0 Å². The van der Waals surface area contributed by atoms with Crippen molar-refractivity contribution in [2.75, 3.05) is 13.2 Å². The molecule has 1 aliphatic rings. The van der Waals surface area contributed by atoms with Crippen LogP contribution < -0.4 is 0 Å². The van der Waals surface area contributed by atoms with Crippen molar-refractivity contribution in [3.63, 3.8) is 0 Å². The largest absolute Gasteiger partial charge is 0.396 e. The van der Waals surface area contributed by atoms with Crippen molar-refractivity contribution in [3.8, 4) is 0 Å². The molecule has 2 aromatic rings. The van der Waals surface area contributed by atoms with Crippen LogP contribution in [0.5, 0.6) is 0 Å². The second-order valence-corrected chi connectivity index (χ2v) is 6.18. The average Bonchev–Trinajstić information content (AvgIpc) is 2.96. The van der Waals surface area contributed by atoms with Crippen LogP contribution in [0.25, 0.3) is 0 Å². The van der Waals surface area contributed by atoms with Gasteiger partial charge in [0, 0.05) is 44.5 Å². The van der Waals surface area contributed by atoms with Gasteiger partial charge in [0.2, 0.25) is 0 Å². The van der Waals surface area contributed by atoms with Crippen molar-refractivity contribution in [1.82, 2.24) is 14.7 Å². The lowest BCUT2D eigenvalue weighted by atomic mass is 9.86. The molecule has 4 nitrogen and oxygen atoms in total. The van der Waals surface area contributed by atoms with E-state index in [2.05, 4.69) is 40.5 Å². The molecule has 0 fully saturated rings. The predicted molar refractivity (Wildman–Crippen MR) is 87.4 cm³/mol. The van der Waals surface area contributed by atoms with Gasteiger partial charge in [0.25, 0.3) is 0 Å². The first-order valence-corrected chi connectivity index (χ1v) is 8.18. The Morgan fingerprint density at radius 2 is 2.23 bits per heavy atom. The lowest BCUT2D eigenvalue weighted by Gasteiger charge is -2.35. The van der Waals surface area contributed by atoms with Gasteiger partial charge >= 0.3 is 0 Å². The fourth-order valence-corrected chi connectivity index (χ4v) is 3.51. The second-order valence-electron chi connectivity index (χ2n) is 6.18. The number of hydrogen-bond acceptors (Lipinski definition) is 3. The normalized spacial score (nSPS) is 17.7. The van der Waals surface area contributed by atoms with E-state index in [4.69, 9.17) is 0 Å². The Kier molecular flexibility index (Phi) is 4.90. The van der Waals surface area contributed by atoms with E-state index in [1.165, 1.54) is 36.0 Å². The maximum absolute atomic E-state index is 9.24. The fourth-order valence-electron chi connectivity index (χ4n) is 3.51. The predicted octanol–water partition coefficient (Wildman–Crippen LogP) is 2.68. The van der Waals surface area contributed by atoms with Crippen molar-refractivity contribution >= 4 is 0 Å². The van der Waals surface area contributed by atoms with Gasteiger partial charge in [0.15, 0.2) is 0 Å². The highest BCUT2D eigenvalue weighted by atomic mass is 16.3. The van der Waals surface area contributed by atoms with Gasteiger partial charge < -0.3 is 5.11 Å². The molecule has 0 saturated carbocycles. The summed E-state index contributed by atoms with van der Waals surface area (Å²) in [5, 5.41) is 13.5. The molecule has 3 rings (SSSR count). The Hall–Kier alpha value is -1.65. The third-order valence-electron chi connectivity index (χ3n) is 4.53. The Bertz CT molecular complexity index is 608. The zero-order valence-corrected chi connectivity index (χ0v) is 13.3. The van der Waals surface area contributed by atoms with Gasteiger partial charge in [-0.15, -0.1) is 0 Å². The summed E-state index contributed by atoms with van der Waals surface area (Å²) < 4.78 is 1.86. The molecule has 1 N–H and O–H groups in total. The van der Waals surface area contributed by atoms with Gasteiger partial charge in [0.1, 0.15) is 0 Å². The molecule has 4 heteroatoms. The van der Waals surface area contributed by atoms with E-state index < -0.39 is 0 Å². The first-order valence-electron chi connectivity index (χ1n) is 8.18. The van der Waals surface area contributed by atoms with Gasteiger partial charge in [0.05, 0.1) is 6.20 Å². The van der Waals surface area contributed by atoms with Crippen molar-refractivity contribution in [2.45, 2.75) is 38.3 Å². The smallest absolute Gasteiger partial charge is 0.0534 e. The summed E-state index contributed by atoms with van der Waals surface area (Å²) >= 11 is 0. The SMILES string of the molecule is Cn1cc(CN(CCCO)C2CCCc3ccccc32)cn1. The molecule has 1 heterocycles. The van der Waals surface area contributed by atoms with E-state index >= 15 is 0 Å². The lowest BCUT2D eigenvalue weighted by Crippen LogP contribution is -2.32. The molecular weight excluding hydrogens is 274 g/mol. The van der Waals surface area contributed by atoms with Gasteiger partial charge in [-0.05, 0) is 36.8 Å². The van der Waals surface area contributed by atoms with Crippen molar-refractivity contribution in [1.29, 1.82) is 0 Å². The first kappa shape index (κ1) is 15.3. The van der Waals surface area contributed by atoms with E-state index in [-0.39, 0.29) is 6.61 Å². The molecular formula is C18H25N3O. The molecule has 1 aromatic heterocycles. The number of aliphatic hydroxyl groups is 1. The fraction of sp³-hybridized carbons (Fsp3) is 0.500. The van der Waals surface area contributed by atoms with Crippen molar-refractivity contribution < 1.29 is 5.11 Å². The van der Waals surface area contributed by atoms with E-state index in [1.54, 1.807) is 0 Å². The Morgan fingerprint density at radius 1 is 1.36 bits per heavy atom. The van der Waals surface area contributed by atoms with Crippen LogP contribution in [0, 0.1) is 0 Å². The standard InChI is InChI=1S/C18H25N3O/c1-20-13-15(12-19-20)14-21(10-5-11-22)18-9-4-7-16-6-2-3-8-17(16)18/h2-3,6,8,12-13,18,22H,4-5,7,9-11,14H2,1H3. The molecule has 0 aliphatic heterocycles. The van der Waals surface area contributed by atoms with Gasteiger partial charge in [-0.3, -0.25) is 9.58 Å². The maximum atomic E-state index is 9.24. The van der Waals surface area contributed by atoms with Crippen LogP contribution in [0.2, 0.25) is 0 Å². The van der Waals surface area contributed by atoms with Crippen LogP contribution >= 0.6 is 0 Å². The maximum Gasteiger partial charge on any atom is 0.0534 e. The summed E-state index contributed by atoms with van der Waals surface area (Å²) in [5.41, 5.74) is 4.19. The molecule has 1 unspecified atom stereocenters. The minimum Gasteiger partial charge on any atom is -0.396 e. The van der Waals surface area contributed by atoms with E-state index in [0.717, 1.165) is 19.5 Å². The number of aryl methyl sites for hydroxylation is 2. The summed E-state index contributed by atoms with van der Waals surface area (Å²) in [6.45, 7) is 2.06. The van der Waals surface area contributed by atoms with Gasteiger partial charge in [-0.25, -0.2) is 0 Å². The number of nitrogens with zero attached hydrogens (tertiary/aromatic N) is 3. The molecule has 0 amide bonds. The summed E-state index contributed by atoms with van der Waals surface area (Å²) in [6.07, 6.45) is 8.47. The zero-order valence-electron chi connectivity index (χ0n) is 13.3. The van der Waals surface area contributed by atoms with E-state index in [0.29, 0.717) is 6.04 Å². The third kappa shape index (κ3) is 3.39. The van der Waals surface area contributed by atoms with Gasteiger partial charge in [-0.1, -0.05) is 24.3 Å². The number of fused-ring (bicyclic) bond motifs is 1. The minimum atomic E-state index is 0.248. The summed E-state index contributed by atoms with van der Waals surface area (Å²) in [7, 11) is 1.96. The van der Waals surface area contributed by atoms with Crippen LogP contribution in [-0.2, 0) is 20.0 Å². The highest BCUT2D eigenvalue weighted by Crippen LogP contribution is 2.35. The summed E-state index contributed by atoms with van der Waals surface area (Å²) in [6, 6.07) is 9.27. The number of aromatic nitrogens is 2. The van der Waals surface area contributed by atoms with Gasteiger partial charge in [-0.2, -0.15) is 5.10 Å². The number of rotatable bonds is 6. The molecule has 118 valence electrons. The van der Waals surface area contributed by atoms with Crippen LogP contribution in [0.15, 0.2) is 36.7 Å². The monoisotopic (exact) mass is 299 g/mol. The molecule has 0 radical (unpaired) electrons. The zero-order chi connectivity index (χ0) is 15.4. The first-order chi connectivity index (χ1) is 10.8. The third-order valence-corrected chi connectivity index (χ3v) is 4.53. The molecule has 0 saturated heterocycles. The number of aliphatic hydroxyl groups excluding tert-OH is 1. The lowest BCUT2D eigenvalue weighted by molar-refractivity contribution is 0.152. The van der Waals surface area contributed by atoms with Crippen LogP contribution in [0.3, 0.4) is 0 Å². The second kappa shape index (κ2) is 7.07. The molecule has 0 spiro atoms. The molecule has 0 bridgehead atoms. The summed E-state index contributed by atoms with van der Waals surface area (Å²) in [5.74, 6) is 0. The van der Waals surface area contributed by atoms with E-state index in [1.807, 2.05) is 17.9 Å². The van der Waals surface area contributed by atoms with Crippen LogP contribution in [-0.4, -0.2) is 32.9 Å². The Morgan fingerprint density at radius 3 is 3.00 bits per heavy atom.